The molecule has 0 saturated heterocycles. The number of aromatic nitrogens is 2. The predicted molar refractivity (Wildman–Crippen MR) is 82.5 cm³/mol. The Morgan fingerprint density at radius 2 is 2.00 bits per heavy atom. The van der Waals surface area contributed by atoms with Crippen molar-refractivity contribution in [2.75, 3.05) is 0 Å². The van der Waals surface area contributed by atoms with Gasteiger partial charge in [-0.25, -0.2) is 13.8 Å². The van der Waals surface area contributed by atoms with Crippen molar-refractivity contribution in [2.24, 2.45) is 0 Å². The Hall–Kier alpha value is -1.46. The zero-order valence-corrected chi connectivity index (χ0v) is 13.1. The molecule has 1 heterocycles. The average molecular weight is 372 g/mol. The van der Waals surface area contributed by atoms with E-state index in [4.69, 9.17) is 11.6 Å². The van der Waals surface area contributed by atoms with E-state index >= 15 is 0 Å². The van der Waals surface area contributed by atoms with Gasteiger partial charge in [0.1, 0.15) is 17.2 Å². The van der Waals surface area contributed by atoms with E-state index in [2.05, 4.69) is 20.9 Å². The third kappa shape index (κ3) is 2.80. The molecule has 0 bridgehead atoms. The highest BCUT2D eigenvalue weighted by Gasteiger charge is 2.15. The van der Waals surface area contributed by atoms with Crippen molar-refractivity contribution in [1.29, 1.82) is 0 Å². The number of rotatable bonds is 3. The number of halogens is 4. The van der Waals surface area contributed by atoms with Crippen LogP contribution >= 0.6 is 27.5 Å². The molecule has 6 heteroatoms. The van der Waals surface area contributed by atoms with Crippen LogP contribution in [0.15, 0.2) is 40.9 Å². The molecule has 0 unspecified atom stereocenters. The fourth-order valence-corrected chi connectivity index (χ4v) is 2.94. The number of fused-ring (bicyclic) bond motifs is 1. The summed E-state index contributed by atoms with van der Waals surface area (Å²) in [6.45, 7) is 0.445. The maximum absolute atomic E-state index is 13.8. The second-order valence-electron chi connectivity index (χ2n) is 4.63. The molecule has 0 atom stereocenters. The van der Waals surface area contributed by atoms with Gasteiger partial charge >= 0.3 is 0 Å². The van der Waals surface area contributed by atoms with Crippen LogP contribution in [0.4, 0.5) is 8.78 Å². The van der Waals surface area contributed by atoms with E-state index in [1.165, 1.54) is 6.07 Å². The summed E-state index contributed by atoms with van der Waals surface area (Å²) < 4.78 is 30.0. The molecule has 108 valence electrons. The average Bonchev–Trinajstić information content (AvgIpc) is 2.77. The highest BCUT2D eigenvalue weighted by atomic mass is 79.9. The molecule has 3 rings (SSSR count). The van der Waals surface area contributed by atoms with Crippen molar-refractivity contribution in [1.82, 2.24) is 9.55 Å². The fourth-order valence-electron chi connectivity index (χ4n) is 2.29. The van der Waals surface area contributed by atoms with Crippen LogP contribution in [-0.2, 0) is 12.4 Å². The fraction of sp³-hybridized carbons (Fsp3) is 0.133. The van der Waals surface area contributed by atoms with Gasteiger partial charge in [-0.3, -0.25) is 0 Å². The zero-order chi connectivity index (χ0) is 15.0. The van der Waals surface area contributed by atoms with Crippen molar-refractivity contribution in [3.8, 4) is 0 Å². The van der Waals surface area contributed by atoms with Crippen molar-refractivity contribution in [2.45, 2.75) is 12.4 Å². The van der Waals surface area contributed by atoms with E-state index in [-0.39, 0.29) is 11.4 Å². The molecule has 0 saturated carbocycles. The molecular formula is C15H10BrClF2N2. The Kier molecular flexibility index (Phi) is 3.95. The Labute approximate surface area is 133 Å². The molecule has 1 aromatic heterocycles. The molecule has 3 aromatic rings. The molecule has 0 aliphatic rings. The lowest BCUT2D eigenvalue weighted by Gasteiger charge is -2.08. The van der Waals surface area contributed by atoms with Crippen LogP contribution in [0.25, 0.3) is 11.0 Å². The lowest BCUT2D eigenvalue weighted by atomic mass is 10.2. The molecule has 0 aliphatic heterocycles. The summed E-state index contributed by atoms with van der Waals surface area (Å²) in [4.78, 5) is 4.17. The van der Waals surface area contributed by atoms with E-state index in [9.17, 15) is 8.78 Å². The summed E-state index contributed by atoms with van der Waals surface area (Å²) in [6.07, 6.45) is 0. The Balaban J connectivity index is 2.16. The van der Waals surface area contributed by atoms with Gasteiger partial charge in [0.15, 0.2) is 5.82 Å². The Bertz CT molecular complexity index is 817. The number of benzene rings is 2. The molecule has 0 spiro atoms. The lowest BCUT2D eigenvalue weighted by molar-refractivity contribution is 0.590. The second kappa shape index (κ2) is 5.73. The minimum absolute atomic E-state index is 0.129. The van der Waals surface area contributed by atoms with Crippen LogP contribution in [0.5, 0.6) is 0 Å². The summed E-state index contributed by atoms with van der Waals surface area (Å²) in [5.74, 6) is -0.666. The summed E-state index contributed by atoms with van der Waals surface area (Å²) >= 11 is 9.29. The SMILES string of the molecule is Fc1cc(F)c2nc(CCl)n(Cc3cccc(Br)c3)c2c1. The van der Waals surface area contributed by atoms with Gasteiger partial charge in [0.2, 0.25) is 0 Å². The smallest absolute Gasteiger partial charge is 0.153 e. The third-order valence-electron chi connectivity index (χ3n) is 3.20. The van der Waals surface area contributed by atoms with Crippen LogP contribution in [0.2, 0.25) is 0 Å². The summed E-state index contributed by atoms with van der Waals surface area (Å²) in [5.41, 5.74) is 1.53. The van der Waals surface area contributed by atoms with E-state index in [0.29, 0.717) is 17.9 Å². The molecule has 0 N–H and O–H groups in total. The number of hydrogen-bond acceptors (Lipinski definition) is 1. The minimum Gasteiger partial charge on any atom is -0.322 e. The van der Waals surface area contributed by atoms with Crippen molar-refractivity contribution >= 4 is 38.6 Å². The van der Waals surface area contributed by atoms with Crippen LogP contribution in [-0.4, -0.2) is 9.55 Å². The predicted octanol–water partition coefficient (Wildman–Crippen LogP) is 4.86. The van der Waals surface area contributed by atoms with Gasteiger partial charge in [-0.05, 0) is 23.8 Å². The molecule has 2 nitrogen and oxygen atoms in total. The summed E-state index contributed by atoms with van der Waals surface area (Å²) in [7, 11) is 0. The standard InChI is InChI=1S/C15H10BrClF2N2/c16-10-3-1-2-9(4-10)8-21-13-6-11(18)5-12(19)15(13)20-14(21)7-17/h1-6H,7-8H2. The van der Waals surface area contributed by atoms with Crippen LogP contribution in [0, 0.1) is 11.6 Å². The van der Waals surface area contributed by atoms with Crippen molar-refractivity contribution in [3.63, 3.8) is 0 Å². The van der Waals surface area contributed by atoms with Crippen molar-refractivity contribution < 1.29 is 8.78 Å². The zero-order valence-electron chi connectivity index (χ0n) is 10.8. The molecule has 0 amide bonds. The first-order valence-corrected chi connectivity index (χ1v) is 7.56. The van der Waals surface area contributed by atoms with E-state index in [1.54, 1.807) is 4.57 Å². The maximum atomic E-state index is 13.8. The molecule has 0 fully saturated rings. The molecule has 21 heavy (non-hydrogen) atoms. The Morgan fingerprint density at radius 1 is 1.19 bits per heavy atom. The van der Waals surface area contributed by atoms with Gasteiger partial charge in [0, 0.05) is 17.1 Å². The van der Waals surface area contributed by atoms with E-state index in [0.717, 1.165) is 16.1 Å². The lowest BCUT2D eigenvalue weighted by Crippen LogP contribution is -2.04. The topological polar surface area (TPSA) is 17.8 Å². The first kappa shape index (κ1) is 14.5. The molecule has 0 aliphatic carbocycles. The maximum Gasteiger partial charge on any atom is 0.153 e. The van der Waals surface area contributed by atoms with Crippen LogP contribution in [0.3, 0.4) is 0 Å². The third-order valence-corrected chi connectivity index (χ3v) is 3.93. The highest BCUT2D eigenvalue weighted by Crippen LogP contribution is 2.23. The highest BCUT2D eigenvalue weighted by molar-refractivity contribution is 9.10. The number of alkyl halides is 1. The van der Waals surface area contributed by atoms with E-state index in [1.807, 2.05) is 24.3 Å². The quantitative estimate of drug-likeness (QED) is 0.601. The first-order valence-electron chi connectivity index (χ1n) is 6.23. The van der Waals surface area contributed by atoms with Gasteiger partial charge in [-0.1, -0.05) is 28.1 Å². The van der Waals surface area contributed by atoms with Gasteiger partial charge in [-0.2, -0.15) is 0 Å². The van der Waals surface area contributed by atoms with Crippen LogP contribution in [0.1, 0.15) is 11.4 Å². The normalized spacial score (nSPS) is 11.2. The molecule has 2 aromatic carbocycles. The first-order chi connectivity index (χ1) is 10.1. The largest absolute Gasteiger partial charge is 0.322 e. The minimum atomic E-state index is -0.677. The van der Waals surface area contributed by atoms with Gasteiger partial charge in [0.25, 0.3) is 0 Å². The van der Waals surface area contributed by atoms with Crippen molar-refractivity contribution in [3.05, 3.63) is 63.9 Å². The van der Waals surface area contributed by atoms with Crippen LogP contribution < -0.4 is 0 Å². The monoisotopic (exact) mass is 370 g/mol. The van der Waals surface area contributed by atoms with Gasteiger partial charge in [-0.15, -0.1) is 11.6 Å². The summed E-state index contributed by atoms with van der Waals surface area (Å²) in [5, 5.41) is 0. The number of imidazole rings is 1. The number of nitrogens with zero attached hydrogens (tertiary/aromatic N) is 2. The summed E-state index contributed by atoms with van der Waals surface area (Å²) in [6, 6.07) is 9.80. The Morgan fingerprint density at radius 3 is 2.71 bits per heavy atom. The van der Waals surface area contributed by atoms with E-state index < -0.39 is 11.6 Å². The molecule has 0 radical (unpaired) electrons. The second-order valence-corrected chi connectivity index (χ2v) is 5.82. The van der Waals surface area contributed by atoms with Gasteiger partial charge in [0.05, 0.1) is 11.4 Å². The number of hydrogen-bond donors (Lipinski definition) is 0. The molecular weight excluding hydrogens is 362 g/mol. The van der Waals surface area contributed by atoms with Gasteiger partial charge < -0.3 is 4.57 Å².